The molecular weight excluding hydrogens is 370 g/mol. The Morgan fingerprint density at radius 1 is 0.733 bits per heavy atom. The van der Waals surface area contributed by atoms with Crippen LogP contribution in [0.5, 0.6) is 0 Å². The van der Waals surface area contributed by atoms with E-state index in [0.29, 0.717) is 19.5 Å². The second-order valence-electron chi connectivity index (χ2n) is 7.88. The van der Waals surface area contributed by atoms with Gasteiger partial charge in [0.05, 0.1) is 12.1 Å². The molecule has 1 aliphatic heterocycles. The van der Waals surface area contributed by atoms with E-state index in [2.05, 4.69) is 65.6 Å². The largest absolute Gasteiger partial charge is 0.339 e. The lowest BCUT2D eigenvalue weighted by Gasteiger charge is -2.40. The zero-order valence-corrected chi connectivity index (χ0v) is 17.2. The van der Waals surface area contributed by atoms with E-state index in [-0.39, 0.29) is 11.9 Å². The zero-order chi connectivity index (χ0) is 20.8. The van der Waals surface area contributed by atoms with Gasteiger partial charge in [0.2, 0.25) is 5.91 Å². The van der Waals surface area contributed by atoms with Crippen molar-refractivity contribution in [3.63, 3.8) is 0 Å². The van der Waals surface area contributed by atoms with Crippen molar-refractivity contribution in [2.45, 2.75) is 18.5 Å². The van der Waals surface area contributed by atoms with Crippen molar-refractivity contribution in [1.29, 1.82) is 0 Å². The molecule has 1 atom stereocenters. The normalized spacial score (nSPS) is 15.9. The maximum absolute atomic E-state index is 12.9. The zero-order valence-electron chi connectivity index (χ0n) is 17.2. The summed E-state index contributed by atoms with van der Waals surface area (Å²) >= 11 is 0. The molecule has 0 aliphatic carbocycles. The molecule has 4 heteroatoms. The van der Waals surface area contributed by atoms with E-state index in [1.807, 2.05) is 35.2 Å². The highest BCUT2D eigenvalue weighted by Gasteiger charge is 2.29. The van der Waals surface area contributed by atoms with Crippen LogP contribution in [0.25, 0.3) is 0 Å². The van der Waals surface area contributed by atoms with Crippen molar-refractivity contribution in [1.82, 2.24) is 9.80 Å². The van der Waals surface area contributed by atoms with E-state index >= 15 is 0 Å². The summed E-state index contributed by atoms with van der Waals surface area (Å²) in [5, 5.41) is 0. The molecule has 0 unspecified atom stereocenters. The molecule has 0 saturated carbocycles. The fourth-order valence-corrected chi connectivity index (χ4v) is 4.28. The number of hydrogen-bond acceptors (Lipinski definition) is 3. The lowest BCUT2D eigenvalue weighted by molar-refractivity contribution is -0.134. The number of nitrogens with two attached hydrogens (primary N) is 1. The van der Waals surface area contributed by atoms with Gasteiger partial charge in [0, 0.05) is 26.2 Å². The molecule has 154 valence electrons. The Bertz CT molecular complexity index is 883. The Morgan fingerprint density at radius 2 is 1.20 bits per heavy atom. The molecule has 1 aliphatic rings. The third-order valence-corrected chi connectivity index (χ3v) is 5.84. The molecule has 3 aromatic carbocycles. The maximum Gasteiger partial charge on any atom is 0.239 e. The first-order valence-corrected chi connectivity index (χ1v) is 10.6. The van der Waals surface area contributed by atoms with Gasteiger partial charge in [-0.2, -0.15) is 0 Å². The van der Waals surface area contributed by atoms with Gasteiger partial charge in [-0.15, -0.1) is 0 Å². The van der Waals surface area contributed by atoms with Gasteiger partial charge < -0.3 is 10.6 Å². The van der Waals surface area contributed by atoms with E-state index < -0.39 is 6.04 Å². The molecule has 1 heterocycles. The molecule has 0 bridgehead atoms. The number of nitrogens with zero attached hydrogens (tertiary/aromatic N) is 2. The number of carbonyl (C=O) groups excluding carboxylic acids is 1. The number of amides is 1. The van der Waals surface area contributed by atoms with Gasteiger partial charge >= 0.3 is 0 Å². The van der Waals surface area contributed by atoms with Gasteiger partial charge in [0.15, 0.2) is 0 Å². The lowest BCUT2D eigenvalue weighted by atomic mass is 9.96. The van der Waals surface area contributed by atoms with Crippen LogP contribution in [-0.2, 0) is 11.2 Å². The van der Waals surface area contributed by atoms with Crippen molar-refractivity contribution >= 4 is 5.91 Å². The van der Waals surface area contributed by atoms with Gasteiger partial charge in [0.25, 0.3) is 0 Å². The van der Waals surface area contributed by atoms with E-state index in [4.69, 9.17) is 5.73 Å². The first kappa shape index (κ1) is 20.3. The van der Waals surface area contributed by atoms with Crippen LogP contribution < -0.4 is 5.73 Å². The van der Waals surface area contributed by atoms with Crippen LogP contribution in [0.3, 0.4) is 0 Å². The fourth-order valence-electron chi connectivity index (χ4n) is 4.28. The molecule has 30 heavy (non-hydrogen) atoms. The highest BCUT2D eigenvalue weighted by atomic mass is 16.2. The first-order valence-electron chi connectivity index (χ1n) is 10.6. The average Bonchev–Trinajstić information content (AvgIpc) is 2.81. The summed E-state index contributed by atoms with van der Waals surface area (Å²) in [5.74, 6) is 0.0504. The number of piperazine rings is 1. The molecule has 4 rings (SSSR count). The SMILES string of the molecule is N[C@@H](Cc1ccccc1)C(=O)N1CCN(C(c2ccccc2)c2ccccc2)CC1. The summed E-state index contributed by atoms with van der Waals surface area (Å²) in [6.07, 6.45) is 0.580. The molecule has 1 saturated heterocycles. The quantitative estimate of drug-likeness (QED) is 0.690. The summed E-state index contributed by atoms with van der Waals surface area (Å²) in [5.41, 5.74) is 9.92. The average molecular weight is 400 g/mol. The third kappa shape index (κ3) is 4.78. The molecule has 2 N–H and O–H groups in total. The van der Waals surface area contributed by atoms with Gasteiger partial charge in [-0.1, -0.05) is 91.0 Å². The summed E-state index contributed by atoms with van der Waals surface area (Å²) in [7, 11) is 0. The van der Waals surface area contributed by atoms with Crippen LogP contribution in [0, 0.1) is 0 Å². The fraction of sp³-hybridized carbons (Fsp3) is 0.269. The minimum absolute atomic E-state index is 0.0504. The van der Waals surface area contributed by atoms with Crippen LogP contribution in [-0.4, -0.2) is 47.9 Å². The molecular formula is C26H29N3O. The second kappa shape index (κ2) is 9.70. The highest BCUT2D eigenvalue weighted by Crippen LogP contribution is 2.29. The molecule has 0 radical (unpaired) electrons. The predicted molar refractivity (Wildman–Crippen MR) is 121 cm³/mol. The Kier molecular flexibility index (Phi) is 6.57. The summed E-state index contributed by atoms with van der Waals surface area (Å²) in [6, 6.07) is 30.9. The van der Waals surface area contributed by atoms with E-state index in [9.17, 15) is 4.79 Å². The molecule has 0 spiro atoms. The van der Waals surface area contributed by atoms with E-state index in [1.165, 1.54) is 11.1 Å². The topological polar surface area (TPSA) is 49.6 Å². The molecule has 1 amide bonds. The van der Waals surface area contributed by atoms with Crippen LogP contribution in [0.4, 0.5) is 0 Å². The Balaban J connectivity index is 1.42. The summed E-state index contributed by atoms with van der Waals surface area (Å²) in [4.78, 5) is 17.3. The molecule has 3 aromatic rings. The monoisotopic (exact) mass is 399 g/mol. The number of rotatable bonds is 6. The third-order valence-electron chi connectivity index (χ3n) is 5.84. The van der Waals surface area contributed by atoms with Gasteiger partial charge in [-0.25, -0.2) is 0 Å². The number of hydrogen-bond donors (Lipinski definition) is 1. The van der Waals surface area contributed by atoms with Crippen molar-refractivity contribution in [2.75, 3.05) is 26.2 Å². The maximum atomic E-state index is 12.9. The predicted octanol–water partition coefficient (Wildman–Crippen LogP) is 3.49. The highest BCUT2D eigenvalue weighted by molar-refractivity contribution is 5.82. The van der Waals surface area contributed by atoms with Gasteiger partial charge in [-0.05, 0) is 23.1 Å². The lowest BCUT2D eigenvalue weighted by Crippen LogP contribution is -2.54. The Labute approximate surface area is 178 Å². The summed E-state index contributed by atoms with van der Waals surface area (Å²) in [6.45, 7) is 3.07. The first-order chi connectivity index (χ1) is 14.7. The number of carbonyl (C=O) groups is 1. The minimum atomic E-state index is -0.488. The van der Waals surface area contributed by atoms with Crippen LogP contribution in [0.1, 0.15) is 22.7 Å². The minimum Gasteiger partial charge on any atom is -0.339 e. The van der Waals surface area contributed by atoms with Crippen molar-refractivity contribution in [2.24, 2.45) is 5.73 Å². The molecule has 1 fully saturated rings. The van der Waals surface area contributed by atoms with Gasteiger partial charge in [0.1, 0.15) is 0 Å². The van der Waals surface area contributed by atoms with Crippen LogP contribution in [0.15, 0.2) is 91.0 Å². The Morgan fingerprint density at radius 3 is 1.70 bits per heavy atom. The molecule has 4 nitrogen and oxygen atoms in total. The van der Waals surface area contributed by atoms with Crippen LogP contribution in [0.2, 0.25) is 0 Å². The van der Waals surface area contributed by atoms with Crippen molar-refractivity contribution < 1.29 is 4.79 Å². The van der Waals surface area contributed by atoms with Crippen molar-refractivity contribution in [3.8, 4) is 0 Å². The standard InChI is InChI=1S/C26H29N3O/c27-24(20-21-10-4-1-5-11-21)26(30)29-18-16-28(17-19-29)25(22-12-6-2-7-13-22)23-14-8-3-9-15-23/h1-15,24-25H,16-20,27H2/t24-/m0/s1. The smallest absolute Gasteiger partial charge is 0.239 e. The molecule has 0 aromatic heterocycles. The van der Waals surface area contributed by atoms with E-state index in [1.54, 1.807) is 0 Å². The van der Waals surface area contributed by atoms with E-state index in [0.717, 1.165) is 18.7 Å². The Hall–Kier alpha value is -2.95. The van der Waals surface area contributed by atoms with Crippen LogP contribution >= 0.6 is 0 Å². The van der Waals surface area contributed by atoms with Crippen molar-refractivity contribution in [3.05, 3.63) is 108 Å². The summed E-state index contributed by atoms with van der Waals surface area (Å²) < 4.78 is 0. The number of benzene rings is 3. The second-order valence-corrected chi connectivity index (χ2v) is 7.88. The van der Waals surface area contributed by atoms with Gasteiger partial charge in [-0.3, -0.25) is 9.69 Å².